The highest BCUT2D eigenvalue weighted by Gasteiger charge is 2.77. The lowest BCUT2D eigenvalue weighted by Crippen LogP contribution is -2.53. The molecule has 1 spiro atoms. The Labute approximate surface area is 165 Å². The van der Waals surface area contributed by atoms with E-state index in [0.29, 0.717) is 38.5 Å². The molecular formula is C22H30O6. The summed E-state index contributed by atoms with van der Waals surface area (Å²) in [5, 5.41) is 10.8. The lowest BCUT2D eigenvalue weighted by atomic mass is 9.52. The van der Waals surface area contributed by atoms with Crippen molar-refractivity contribution in [2.45, 2.75) is 51.6 Å². The molecule has 0 aliphatic heterocycles. The Kier molecular flexibility index (Phi) is 4.31. The largest absolute Gasteiger partial charge is 0.469 e. The molecule has 28 heavy (non-hydrogen) atoms. The molecular weight excluding hydrogens is 360 g/mol. The Morgan fingerprint density at radius 3 is 2.57 bits per heavy atom. The van der Waals surface area contributed by atoms with Crippen molar-refractivity contribution in [3.05, 3.63) is 12.2 Å². The summed E-state index contributed by atoms with van der Waals surface area (Å²) in [6, 6.07) is 0. The van der Waals surface area contributed by atoms with E-state index in [1.165, 1.54) is 14.2 Å². The van der Waals surface area contributed by atoms with Crippen LogP contribution >= 0.6 is 0 Å². The topological polar surface area (TPSA) is 89.9 Å². The van der Waals surface area contributed by atoms with Crippen LogP contribution in [0.5, 0.6) is 0 Å². The molecule has 0 aromatic carbocycles. The SMILES string of the molecule is C=C1C[C@]23C[C@H]1[C@H](O)C[C@H]2[C@]1(C=O)CCC[C@@](C)(C(=O)OC)[C@H]1[C@@H]3C(=O)OC. The van der Waals surface area contributed by atoms with Gasteiger partial charge in [0.2, 0.25) is 0 Å². The van der Waals surface area contributed by atoms with Crippen LogP contribution in [0.25, 0.3) is 0 Å². The van der Waals surface area contributed by atoms with Gasteiger partial charge in [-0.1, -0.05) is 18.6 Å². The number of hydrogen-bond donors (Lipinski definition) is 1. The van der Waals surface area contributed by atoms with Gasteiger partial charge in [0.05, 0.1) is 31.7 Å². The number of hydrogen-bond acceptors (Lipinski definition) is 6. The molecule has 4 rings (SSSR count). The first-order valence-corrected chi connectivity index (χ1v) is 10.2. The first-order valence-electron chi connectivity index (χ1n) is 10.2. The van der Waals surface area contributed by atoms with Crippen LogP contribution in [0.2, 0.25) is 0 Å². The van der Waals surface area contributed by atoms with E-state index >= 15 is 0 Å². The van der Waals surface area contributed by atoms with Gasteiger partial charge in [-0.3, -0.25) is 9.59 Å². The highest BCUT2D eigenvalue weighted by Crippen LogP contribution is 2.77. The van der Waals surface area contributed by atoms with Gasteiger partial charge in [0.25, 0.3) is 0 Å². The second-order valence-electron chi connectivity index (χ2n) is 9.71. The molecule has 8 atom stereocenters. The van der Waals surface area contributed by atoms with Gasteiger partial charge in [-0.2, -0.15) is 0 Å². The van der Waals surface area contributed by atoms with Crippen LogP contribution in [0.3, 0.4) is 0 Å². The fraction of sp³-hybridized carbons (Fsp3) is 0.773. The highest BCUT2D eigenvalue weighted by atomic mass is 16.5. The van der Waals surface area contributed by atoms with Gasteiger partial charge in [0.1, 0.15) is 6.29 Å². The lowest BCUT2D eigenvalue weighted by molar-refractivity contribution is -0.171. The summed E-state index contributed by atoms with van der Waals surface area (Å²) in [5.41, 5.74) is -1.32. The fourth-order valence-electron chi connectivity index (χ4n) is 7.94. The summed E-state index contributed by atoms with van der Waals surface area (Å²) in [5.74, 6) is -2.03. The number of esters is 2. The molecule has 0 unspecified atom stereocenters. The maximum absolute atomic E-state index is 13.2. The van der Waals surface area contributed by atoms with E-state index in [0.717, 1.165) is 11.9 Å². The van der Waals surface area contributed by atoms with E-state index < -0.39 is 34.2 Å². The lowest BCUT2D eigenvalue weighted by Gasteiger charge is -2.49. The van der Waals surface area contributed by atoms with Gasteiger partial charge in [0.15, 0.2) is 0 Å². The summed E-state index contributed by atoms with van der Waals surface area (Å²) in [6.45, 7) is 6.02. The first-order chi connectivity index (χ1) is 13.2. The van der Waals surface area contributed by atoms with Crippen molar-refractivity contribution in [1.29, 1.82) is 0 Å². The number of ether oxygens (including phenoxy) is 2. The third-order valence-corrected chi connectivity index (χ3v) is 8.82. The first kappa shape index (κ1) is 19.6. The smallest absolute Gasteiger partial charge is 0.311 e. The molecule has 6 heteroatoms. The van der Waals surface area contributed by atoms with Crippen molar-refractivity contribution < 1.29 is 29.0 Å². The Bertz CT molecular complexity index is 745. The number of fused-ring (bicyclic) bond motifs is 3. The molecule has 0 amide bonds. The zero-order valence-electron chi connectivity index (χ0n) is 16.9. The maximum Gasteiger partial charge on any atom is 0.311 e. The van der Waals surface area contributed by atoms with Gasteiger partial charge in [-0.15, -0.1) is 0 Å². The molecule has 0 aromatic rings. The third-order valence-electron chi connectivity index (χ3n) is 8.82. The average molecular weight is 390 g/mol. The van der Waals surface area contributed by atoms with Gasteiger partial charge in [-0.25, -0.2) is 0 Å². The predicted octanol–water partition coefficient (Wildman–Crippen LogP) is 2.29. The predicted molar refractivity (Wildman–Crippen MR) is 99.9 cm³/mol. The number of aldehydes is 1. The highest BCUT2D eigenvalue weighted by molar-refractivity contribution is 5.84. The zero-order valence-corrected chi connectivity index (χ0v) is 16.9. The van der Waals surface area contributed by atoms with Crippen LogP contribution < -0.4 is 0 Å². The summed E-state index contributed by atoms with van der Waals surface area (Å²) in [6.07, 6.45) is 4.02. The molecule has 4 saturated carbocycles. The third kappa shape index (κ3) is 2.10. The molecule has 0 radical (unpaired) electrons. The van der Waals surface area contributed by atoms with E-state index in [4.69, 9.17) is 9.47 Å². The van der Waals surface area contributed by atoms with Crippen LogP contribution in [0.15, 0.2) is 12.2 Å². The van der Waals surface area contributed by atoms with Crippen molar-refractivity contribution in [2.75, 3.05) is 14.2 Å². The van der Waals surface area contributed by atoms with Gasteiger partial charge < -0.3 is 19.4 Å². The van der Waals surface area contributed by atoms with Crippen molar-refractivity contribution in [1.82, 2.24) is 0 Å². The number of aliphatic hydroxyl groups excluding tert-OH is 1. The van der Waals surface area contributed by atoms with Crippen LogP contribution in [0, 0.1) is 39.9 Å². The van der Waals surface area contributed by atoms with Crippen molar-refractivity contribution >= 4 is 18.2 Å². The molecule has 0 aromatic heterocycles. The number of rotatable bonds is 3. The van der Waals surface area contributed by atoms with Crippen molar-refractivity contribution in [3.8, 4) is 0 Å². The molecule has 1 N–H and O–H groups in total. The number of aliphatic hydroxyl groups is 1. The van der Waals surface area contributed by atoms with Crippen molar-refractivity contribution in [2.24, 2.45) is 39.9 Å². The average Bonchev–Trinajstić information content (AvgIpc) is 3.12. The fourth-order valence-corrected chi connectivity index (χ4v) is 7.94. The second kappa shape index (κ2) is 6.15. The minimum Gasteiger partial charge on any atom is -0.469 e. The normalized spacial score (nSPS) is 49.1. The van der Waals surface area contributed by atoms with E-state index in [9.17, 15) is 19.5 Å². The molecule has 4 fully saturated rings. The minimum atomic E-state index is -0.941. The van der Waals surface area contributed by atoms with Crippen LogP contribution in [0.4, 0.5) is 0 Å². The van der Waals surface area contributed by atoms with E-state index in [1.807, 2.05) is 6.92 Å². The van der Waals surface area contributed by atoms with Gasteiger partial charge in [0, 0.05) is 17.3 Å². The Morgan fingerprint density at radius 1 is 1.25 bits per heavy atom. The summed E-state index contributed by atoms with van der Waals surface area (Å²) in [7, 11) is 2.72. The molecule has 4 aliphatic rings. The number of carbonyl (C=O) groups is 3. The van der Waals surface area contributed by atoms with Crippen LogP contribution in [0.1, 0.15) is 45.4 Å². The number of carbonyl (C=O) groups excluding carboxylic acids is 3. The van der Waals surface area contributed by atoms with Gasteiger partial charge in [-0.05, 0) is 50.4 Å². The molecule has 0 heterocycles. The second-order valence-corrected chi connectivity index (χ2v) is 9.71. The summed E-state index contributed by atoms with van der Waals surface area (Å²) in [4.78, 5) is 38.8. The molecule has 154 valence electrons. The zero-order chi connectivity index (χ0) is 20.5. The van der Waals surface area contributed by atoms with Crippen LogP contribution in [-0.4, -0.2) is 43.7 Å². The Balaban J connectivity index is 1.97. The molecule has 6 nitrogen and oxygen atoms in total. The van der Waals surface area contributed by atoms with Crippen LogP contribution in [-0.2, 0) is 23.9 Å². The van der Waals surface area contributed by atoms with Gasteiger partial charge >= 0.3 is 11.9 Å². The van der Waals surface area contributed by atoms with E-state index in [1.54, 1.807) is 0 Å². The van der Waals surface area contributed by atoms with Crippen molar-refractivity contribution in [3.63, 3.8) is 0 Å². The quantitative estimate of drug-likeness (QED) is 0.452. The summed E-state index contributed by atoms with van der Waals surface area (Å²) < 4.78 is 10.4. The Morgan fingerprint density at radius 2 is 1.96 bits per heavy atom. The standard InChI is InChI=1S/C22H30O6/c1-12-9-22-10-13(12)14(24)8-15(22)21(11-23)7-5-6-20(2,19(26)28-4)17(21)16(22)18(25)27-3/h11,13-17,24H,1,5-10H2,2-4H3/t13-,14-,15+,16-,17-,20-,21-,22+/m1/s1. The molecule has 0 saturated heterocycles. The monoisotopic (exact) mass is 390 g/mol. The van der Waals surface area contributed by atoms with E-state index in [-0.39, 0.29) is 23.8 Å². The Hall–Kier alpha value is -1.69. The maximum atomic E-state index is 13.2. The number of methoxy groups -OCH3 is 2. The molecule has 4 aliphatic carbocycles. The minimum absolute atomic E-state index is 0.0587. The summed E-state index contributed by atoms with van der Waals surface area (Å²) >= 11 is 0. The molecule has 2 bridgehead atoms. The van der Waals surface area contributed by atoms with E-state index in [2.05, 4.69) is 6.58 Å².